The summed E-state index contributed by atoms with van der Waals surface area (Å²) in [5.74, 6) is -2.25. The van der Waals surface area contributed by atoms with Gasteiger partial charge in [0.1, 0.15) is 35.8 Å². The van der Waals surface area contributed by atoms with Crippen molar-refractivity contribution in [2.75, 3.05) is 40.9 Å². The fourth-order valence-corrected chi connectivity index (χ4v) is 11.5. The van der Waals surface area contributed by atoms with Crippen molar-refractivity contribution in [2.24, 2.45) is 23.7 Å². The predicted octanol–water partition coefficient (Wildman–Crippen LogP) is 4.45. The van der Waals surface area contributed by atoms with Gasteiger partial charge >= 0.3 is 5.97 Å². The fraction of sp³-hybridized carbons (Fsp3) is 0.820. The van der Waals surface area contributed by atoms with Gasteiger partial charge in [0.15, 0.2) is 6.29 Å². The molecule has 5 rings (SSSR count). The lowest BCUT2D eigenvalue weighted by Gasteiger charge is -2.51. The summed E-state index contributed by atoms with van der Waals surface area (Å²) < 4.78 is 41.0. The second kappa shape index (κ2) is 24.1. The quantitative estimate of drug-likeness (QED) is 0.101. The number of carbonyl (C=O) groups excluding carboxylic acids is 1. The summed E-state index contributed by atoms with van der Waals surface area (Å²) in [6.07, 6.45) is -3.88. The average molecular weight is 1070 g/mol. The van der Waals surface area contributed by atoms with E-state index in [0.29, 0.717) is 39.1 Å². The number of methoxy groups -OCH3 is 1. The van der Waals surface area contributed by atoms with Gasteiger partial charge in [-0.25, -0.2) is 0 Å². The molecule has 0 spiro atoms. The first-order valence-electron chi connectivity index (χ1n) is 24.7. The molecule has 18 heteroatoms. The van der Waals surface area contributed by atoms with E-state index in [1.807, 2.05) is 88.8 Å². The summed E-state index contributed by atoms with van der Waals surface area (Å²) in [5.41, 5.74) is -3.60. The molecule has 5 N–H and O–H groups in total. The van der Waals surface area contributed by atoms with Gasteiger partial charge in [0.2, 0.25) is 0 Å². The summed E-state index contributed by atoms with van der Waals surface area (Å²) in [6.45, 7) is 20.2. The first kappa shape index (κ1) is 56.8. The van der Waals surface area contributed by atoms with Crippen molar-refractivity contribution >= 4 is 28.6 Å². The molecule has 0 aliphatic carbocycles. The van der Waals surface area contributed by atoms with E-state index in [-0.39, 0.29) is 37.3 Å². The Hall–Kier alpha value is -2.08. The van der Waals surface area contributed by atoms with Gasteiger partial charge in [-0.05, 0) is 134 Å². The maximum Gasteiger partial charge on any atom is 0.309 e. The third-order valence-electron chi connectivity index (χ3n) is 15.4. The first-order valence-corrected chi connectivity index (χ1v) is 25.8. The van der Waals surface area contributed by atoms with Gasteiger partial charge in [-0.2, -0.15) is 0 Å². The number of likely N-dealkylation sites (N-methyl/N-ethyl adjacent to an activating group) is 2. The molecule has 3 fully saturated rings. The summed E-state index contributed by atoms with van der Waals surface area (Å²) in [7, 11) is 5.35. The highest BCUT2D eigenvalue weighted by Crippen LogP contribution is 2.45. The van der Waals surface area contributed by atoms with Crippen LogP contribution in [0.4, 0.5) is 0 Å². The number of esters is 1. The summed E-state index contributed by atoms with van der Waals surface area (Å²) in [6, 6.07) is 7.02. The number of aliphatic hydroxyl groups is 5. The molecule has 2 aromatic rings. The van der Waals surface area contributed by atoms with Crippen LogP contribution in [-0.4, -0.2) is 181 Å². The Balaban J connectivity index is 1.41. The second-order valence-electron chi connectivity index (χ2n) is 21.1. The Labute approximate surface area is 418 Å². The zero-order chi connectivity index (χ0) is 50.5. The number of ether oxygens (including phenoxy) is 6. The van der Waals surface area contributed by atoms with Gasteiger partial charge in [-0.3, -0.25) is 9.48 Å². The van der Waals surface area contributed by atoms with E-state index >= 15 is 0 Å². The summed E-state index contributed by atoms with van der Waals surface area (Å²) in [4.78, 5) is 18.6. The van der Waals surface area contributed by atoms with Crippen LogP contribution < -0.4 is 4.74 Å². The predicted molar refractivity (Wildman–Crippen MR) is 265 cm³/mol. The van der Waals surface area contributed by atoms with E-state index in [1.54, 1.807) is 27.7 Å². The van der Waals surface area contributed by atoms with Gasteiger partial charge in [0, 0.05) is 73.8 Å². The largest absolute Gasteiger partial charge is 0.494 e. The van der Waals surface area contributed by atoms with Crippen molar-refractivity contribution in [3.05, 3.63) is 39.7 Å². The highest BCUT2D eigenvalue weighted by molar-refractivity contribution is 14.1. The molecular formula is C50H84IN5O12. The second-order valence-corrected chi connectivity index (χ2v) is 22.4. The molecule has 0 radical (unpaired) electrons. The Morgan fingerprint density at radius 1 is 0.985 bits per heavy atom. The maximum absolute atomic E-state index is 14.6. The fourth-order valence-electron chi connectivity index (χ4n) is 11.2. The topological polar surface area (TPSA) is 211 Å². The van der Waals surface area contributed by atoms with Crippen LogP contribution in [0.1, 0.15) is 107 Å². The normalized spacial score (nSPS) is 40.6. The molecule has 3 aliphatic heterocycles. The highest BCUT2D eigenvalue weighted by Gasteiger charge is 2.55. The zero-order valence-electron chi connectivity index (χ0n) is 42.8. The van der Waals surface area contributed by atoms with Crippen LogP contribution in [-0.2, 0) is 41.4 Å². The molecule has 18 atom stereocenters. The third kappa shape index (κ3) is 13.7. The molecular weight excluding hydrogens is 989 g/mol. The van der Waals surface area contributed by atoms with E-state index in [1.165, 1.54) is 14.0 Å². The lowest BCUT2D eigenvalue weighted by Crippen LogP contribution is -2.62. The van der Waals surface area contributed by atoms with Gasteiger partial charge in [-0.1, -0.05) is 32.9 Å². The number of aromatic nitrogens is 3. The highest BCUT2D eigenvalue weighted by atomic mass is 127. The Morgan fingerprint density at radius 2 is 1.66 bits per heavy atom. The minimum Gasteiger partial charge on any atom is -0.494 e. The lowest BCUT2D eigenvalue weighted by molar-refractivity contribution is -0.302. The van der Waals surface area contributed by atoms with Crippen LogP contribution in [0.3, 0.4) is 0 Å². The van der Waals surface area contributed by atoms with E-state index in [9.17, 15) is 30.3 Å². The van der Waals surface area contributed by atoms with E-state index in [2.05, 4.69) is 37.8 Å². The number of cyclic esters (lactones) is 1. The van der Waals surface area contributed by atoms with E-state index in [0.717, 1.165) is 21.4 Å². The molecule has 1 unspecified atom stereocenters. The van der Waals surface area contributed by atoms with Crippen molar-refractivity contribution in [2.45, 2.75) is 198 Å². The first-order chi connectivity index (χ1) is 31.8. The molecule has 4 heterocycles. The average Bonchev–Trinajstić information content (AvgIpc) is 3.74. The number of aryl methyl sites for hydroxylation is 1. The molecule has 388 valence electrons. The molecule has 0 amide bonds. The minimum absolute atomic E-state index is 0.161. The van der Waals surface area contributed by atoms with Crippen LogP contribution >= 0.6 is 22.6 Å². The van der Waals surface area contributed by atoms with Gasteiger partial charge in [-0.15, -0.1) is 5.10 Å². The van der Waals surface area contributed by atoms with Gasteiger partial charge < -0.3 is 63.8 Å². The van der Waals surface area contributed by atoms with Crippen LogP contribution in [0.2, 0.25) is 0 Å². The summed E-state index contributed by atoms with van der Waals surface area (Å²) >= 11 is 2.27. The molecule has 17 nitrogen and oxygen atoms in total. The van der Waals surface area contributed by atoms with Crippen molar-refractivity contribution < 1.29 is 58.7 Å². The monoisotopic (exact) mass is 1070 g/mol. The van der Waals surface area contributed by atoms with E-state index < -0.39 is 95.6 Å². The number of benzene rings is 1. The molecule has 68 heavy (non-hydrogen) atoms. The SMILES string of the molecule is CC[C@H]1OC(=O)[C@H](C)[C@@H](C2C[C@@](C)(OC)[C@@H](O)[C@H](C)O2)[C@H](C)[C@@H](O[C@@H]2O[C@H](C)C[C@H](N(C)CCc3cn(CCCOc4ccc(I)cc4)nn3)[C@H]2O)[C@](C)(O)C[C@@H](C)CN(C)[C@H](C)[C@@H](O)[C@]1(C)O. The zero-order valence-corrected chi connectivity index (χ0v) is 45.0. The van der Waals surface area contributed by atoms with Crippen molar-refractivity contribution in [1.29, 1.82) is 0 Å². The van der Waals surface area contributed by atoms with Crippen LogP contribution in [0.15, 0.2) is 30.5 Å². The van der Waals surface area contributed by atoms with E-state index in [4.69, 9.17) is 28.4 Å². The molecule has 1 aromatic heterocycles. The van der Waals surface area contributed by atoms with Gasteiger partial charge in [0.25, 0.3) is 0 Å². The van der Waals surface area contributed by atoms with Crippen molar-refractivity contribution in [3.8, 4) is 5.75 Å². The minimum atomic E-state index is -1.81. The summed E-state index contributed by atoms with van der Waals surface area (Å²) in [5, 5.41) is 68.7. The Morgan fingerprint density at radius 3 is 2.31 bits per heavy atom. The van der Waals surface area contributed by atoms with Crippen LogP contribution in [0.5, 0.6) is 5.75 Å². The molecule has 0 saturated carbocycles. The number of aliphatic hydroxyl groups excluding tert-OH is 3. The van der Waals surface area contributed by atoms with Crippen LogP contribution in [0.25, 0.3) is 0 Å². The van der Waals surface area contributed by atoms with Crippen molar-refractivity contribution in [3.63, 3.8) is 0 Å². The number of rotatable bonds is 14. The number of hydrogen-bond acceptors (Lipinski definition) is 16. The third-order valence-corrected chi connectivity index (χ3v) is 16.1. The van der Waals surface area contributed by atoms with Crippen LogP contribution in [0, 0.1) is 27.2 Å². The molecule has 3 aliphatic rings. The number of halogens is 1. The Bertz CT molecular complexity index is 1880. The number of nitrogens with zero attached hydrogens (tertiary/aromatic N) is 5. The standard InChI is InChI=1S/C50H84IN5O12/c1-14-40-50(10,62)43(58)33(6)55(12)27-29(2)25-48(8,61)45(31(4)41(32(5)46(60)67-40)39-26-49(9,63-13)44(59)34(7)66-39)68-47-42(57)38(24-30(3)65-47)54(11)22-20-36-28-56(53-52-36)21-15-23-64-37-18-16-35(51)17-19-37/h16-19,28-34,38-45,47,57-59,61-62H,14-15,20-27H2,1-13H3/t29-,30-,31+,32-,33-,34+,38+,39?,40-,41+,42-,43-,44+,45-,47+,48-,49-,50-/m1/s1. The lowest BCUT2D eigenvalue weighted by atomic mass is 9.68. The number of carbonyl (C=O) groups is 1. The number of hydrogen-bond donors (Lipinski definition) is 5. The smallest absolute Gasteiger partial charge is 0.309 e. The molecule has 3 saturated heterocycles. The maximum atomic E-state index is 14.6. The molecule has 0 bridgehead atoms. The Kier molecular flexibility index (Phi) is 20.1. The van der Waals surface area contributed by atoms with Crippen molar-refractivity contribution in [1.82, 2.24) is 24.8 Å². The molecule has 1 aromatic carbocycles. The van der Waals surface area contributed by atoms with Gasteiger partial charge in [0.05, 0.1) is 53.8 Å².